The van der Waals surface area contributed by atoms with Crippen LogP contribution in [0.4, 0.5) is 0 Å². The molecule has 3 unspecified atom stereocenters. The zero-order valence-electron chi connectivity index (χ0n) is 19.7. The van der Waals surface area contributed by atoms with E-state index in [1.54, 1.807) is 5.57 Å². The molecular formula is C27H46O2. The number of rotatable bonds is 5. The highest BCUT2D eigenvalue weighted by Crippen LogP contribution is 2.63. The lowest BCUT2D eigenvalue weighted by atomic mass is 9.49. The summed E-state index contributed by atoms with van der Waals surface area (Å²) in [6.45, 7) is 11.3. The molecule has 0 aliphatic heterocycles. The Morgan fingerprint density at radius 3 is 2.41 bits per heavy atom. The highest BCUT2D eigenvalue weighted by Gasteiger charge is 2.55. The molecule has 9 atom stereocenters. The predicted octanol–water partition coefficient (Wildman–Crippen LogP) is 6.36. The highest BCUT2D eigenvalue weighted by molar-refractivity contribution is 5.26. The second-order valence-electron chi connectivity index (χ2n) is 12.3. The first-order valence-electron chi connectivity index (χ1n) is 12.7. The van der Waals surface area contributed by atoms with E-state index in [2.05, 4.69) is 33.8 Å². The van der Waals surface area contributed by atoms with Crippen molar-refractivity contribution < 1.29 is 10.2 Å². The molecule has 2 nitrogen and oxygen atoms in total. The van der Waals surface area contributed by atoms with Crippen LogP contribution in [0.3, 0.4) is 0 Å². The molecule has 4 aliphatic carbocycles. The van der Waals surface area contributed by atoms with Crippen LogP contribution in [-0.2, 0) is 0 Å². The summed E-state index contributed by atoms with van der Waals surface area (Å²) in [5.41, 5.74) is 1.45. The minimum absolute atomic E-state index is 0.129. The third-order valence-corrected chi connectivity index (χ3v) is 10.2. The van der Waals surface area contributed by atoms with Crippen LogP contribution in [0.1, 0.15) is 98.8 Å². The molecule has 0 aromatic carbocycles. The molecule has 0 aromatic heterocycles. The smallest absolute Gasteiger partial charge is 0.0657 e. The fraction of sp³-hybridized carbons (Fsp3) is 0.926. The van der Waals surface area contributed by atoms with Crippen LogP contribution in [-0.4, -0.2) is 21.9 Å². The van der Waals surface area contributed by atoms with E-state index in [1.165, 1.54) is 44.9 Å². The molecule has 4 aliphatic rings. The Hall–Kier alpha value is -0.340. The summed E-state index contributed by atoms with van der Waals surface area (Å²) < 4.78 is 0. The first-order chi connectivity index (χ1) is 13.6. The maximum atomic E-state index is 10.6. The van der Waals surface area contributed by atoms with Gasteiger partial charge in [-0.1, -0.05) is 39.3 Å². The van der Waals surface area contributed by atoms with Crippen LogP contribution in [0, 0.1) is 46.8 Å². The van der Waals surface area contributed by atoms with Gasteiger partial charge in [-0.2, -0.15) is 0 Å². The molecule has 3 saturated carbocycles. The average Bonchev–Trinajstić information content (AvgIpc) is 3.10. The van der Waals surface area contributed by atoms with Gasteiger partial charge in [-0.3, -0.25) is 0 Å². The fourth-order valence-electron chi connectivity index (χ4n) is 8.19. The molecule has 3 fully saturated rings. The first-order valence-corrected chi connectivity index (χ1v) is 12.7. The van der Waals surface area contributed by atoms with Gasteiger partial charge in [-0.15, -0.1) is 0 Å². The molecular weight excluding hydrogens is 356 g/mol. The number of hydrogen-bond donors (Lipinski definition) is 2. The van der Waals surface area contributed by atoms with Crippen LogP contribution in [0.5, 0.6) is 0 Å². The fourth-order valence-corrected chi connectivity index (χ4v) is 8.19. The minimum Gasteiger partial charge on any atom is -0.393 e. The van der Waals surface area contributed by atoms with E-state index in [0.717, 1.165) is 54.8 Å². The summed E-state index contributed by atoms with van der Waals surface area (Å²) in [5, 5.41) is 20.9. The molecule has 0 radical (unpaired) electrons. The molecule has 29 heavy (non-hydrogen) atoms. The Kier molecular flexibility index (Phi) is 6.01. The van der Waals surface area contributed by atoms with Crippen LogP contribution in [0.25, 0.3) is 0 Å². The molecule has 0 bridgehead atoms. The lowest BCUT2D eigenvalue weighted by Gasteiger charge is -2.56. The minimum atomic E-state index is -0.482. The van der Waals surface area contributed by atoms with E-state index in [4.69, 9.17) is 0 Å². The standard InChI is InChI=1S/C27H46O2/c1-17(2)25(28)13-6-18(3)20-9-10-22-21(20)11-12-24-23(22)8-7-19-16-26(4,29)14-15-27(19,24)5/h7,17-18,20-25,28-29H,6,8-16H2,1-5H3/t18-,20-,21-,22?,23?,24?,25-,26+,27+/m1/s1. The number of fused-ring (bicyclic) bond motifs is 5. The van der Waals surface area contributed by atoms with Gasteiger partial charge in [0.25, 0.3) is 0 Å². The Balaban J connectivity index is 1.44. The van der Waals surface area contributed by atoms with Crippen molar-refractivity contribution in [3.05, 3.63) is 11.6 Å². The second-order valence-corrected chi connectivity index (χ2v) is 12.3. The third-order valence-electron chi connectivity index (χ3n) is 10.2. The van der Waals surface area contributed by atoms with Gasteiger partial charge < -0.3 is 10.2 Å². The third kappa shape index (κ3) is 3.98. The number of allylic oxidation sites excluding steroid dienone is 1. The van der Waals surface area contributed by atoms with Gasteiger partial charge in [0.05, 0.1) is 11.7 Å². The second kappa shape index (κ2) is 7.97. The first kappa shape index (κ1) is 21.9. The topological polar surface area (TPSA) is 40.5 Å². The molecule has 0 amide bonds. The van der Waals surface area contributed by atoms with Crippen LogP contribution < -0.4 is 0 Å². The van der Waals surface area contributed by atoms with Crippen LogP contribution >= 0.6 is 0 Å². The van der Waals surface area contributed by atoms with Gasteiger partial charge in [0.1, 0.15) is 0 Å². The van der Waals surface area contributed by atoms with Gasteiger partial charge in [-0.25, -0.2) is 0 Å². The summed E-state index contributed by atoms with van der Waals surface area (Å²) in [6.07, 6.45) is 14.6. The summed E-state index contributed by atoms with van der Waals surface area (Å²) in [6, 6.07) is 0. The van der Waals surface area contributed by atoms with Crippen molar-refractivity contribution in [3.63, 3.8) is 0 Å². The van der Waals surface area contributed by atoms with Crippen molar-refractivity contribution in [1.82, 2.24) is 0 Å². The SMILES string of the molecule is CC(C)[C@H](O)CC[C@@H](C)[C@H]1CCC2C3CC=C4C[C@@](C)(O)CC[C@]4(C)C3CC[C@@H]21. The number of hydrogen-bond acceptors (Lipinski definition) is 2. The van der Waals surface area contributed by atoms with Crippen molar-refractivity contribution in [3.8, 4) is 0 Å². The predicted molar refractivity (Wildman–Crippen MR) is 120 cm³/mol. The molecule has 0 heterocycles. The van der Waals surface area contributed by atoms with Gasteiger partial charge in [0.15, 0.2) is 0 Å². The Morgan fingerprint density at radius 2 is 1.69 bits per heavy atom. The van der Waals surface area contributed by atoms with E-state index in [1.807, 2.05) is 6.92 Å². The summed E-state index contributed by atoms with van der Waals surface area (Å²) in [5.74, 6) is 5.59. The quantitative estimate of drug-likeness (QED) is 0.525. The summed E-state index contributed by atoms with van der Waals surface area (Å²) in [7, 11) is 0. The van der Waals surface area contributed by atoms with E-state index in [-0.39, 0.29) is 6.10 Å². The molecule has 2 heteroatoms. The maximum absolute atomic E-state index is 10.6. The largest absolute Gasteiger partial charge is 0.393 e. The molecule has 166 valence electrons. The summed E-state index contributed by atoms with van der Waals surface area (Å²) >= 11 is 0. The van der Waals surface area contributed by atoms with E-state index in [0.29, 0.717) is 11.3 Å². The maximum Gasteiger partial charge on any atom is 0.0657 e. The molecule has 0 saturated heterocycles. The lowest BCUT2D eigenvalue weighted by molar-refractivity contribution is -0.0433. The van der Waals surface area contributed by atoms with E-state index >= 15 is 0 Å². The Labute approximate surface area is 179 Å². The van der Waals surface area contributed by atoms with Gasteiger partial charge >= 0.3 is 0 Å². The molecule has 2 N–H and O–H groups in total. The zero-order valence-corrected chi connectivity index (χ0v) is 19.7. The molecule has 0 spiro atoms. The Bertz CT molecular complexity index is 620. The molecule has 4 rings (SSSR count). The van der Waals surface area contributed by atoms with Crippen molar-refractivity contribution in [1.29, 1.82) is 0 Å². The summed E-state index contributed by atoms with van der Waals surface area (Å²) in [4.78, 5) is 0. The highest BCUT2D eigenvalue weighted by atomic mass is 16.3. The monoisotopic (exact) mass is 402 g/mol. The van der Waals surface area contributed by atoms with Crippen LogP contribution in [0.15, 0.2) is 11.6 Å². The average molecular weight is 403 g/mol. The Morgan fingerprint density at radius 1 is 0.966 bits per heavy atom. The van der Waals surface area contributed by atoms with Crippen molar-refractivity contribution in [2.24, 2.45) is 46.8 Å². The lowest BCUT2D eigenvalue weighted by Crippen LogP contribution is -2.49. The number of aliphatic hydroxyl groups excluding tert-OH is 1. The van der Waals surface area contributed by atoms with E-state index < -0.39 is 5.60 Å². The van der Waals surface area contributed by atoms with Gasteiger partial charge in [0, 0.05) is 0 Å². The van der Waals surface area contributed by atoms with Gasteiger partial charge in [0.2, 0.25) is 0 Å². The van der Waals surface area contributed by atoms with E-state index in [9.17, 15) is 10.2 Å². The molecule has 0 aromatic rings. The zero-order chi connectivity index (χ0) is 21.0. The van der Waals surface area contributed by atoms with Crippen LogP contribution in [0.2, 0.25) is 0 Å². The van der Waals surface area contributed by atoms with Crippen molar-refractivity contribution in [2.75, 3.05) is 0 Å². The van der Waals surface area contributed by atoms with Crippen molar-refractivity contribution in [2.45, 2.75) is 111 Å². The van der Waals surface area contributed by atoms with Crippen molar-refractivity contribution >= 4 is 0 Å². The normalized spacial score (nSPS) is 46.5. The number of aliphatic hydroxyl groups is 2. The van der Waals surface area contributed by atoms with Gasteiger partial charge in [-0.05, 0) is 118 Å².